The molecule has 0 fully saturated rings. The predicted octanol–water partition coefficient (Wildman–Crippen LogP) is 3.13. The minimum Gasteiger partial charge on any atom is -0.368 e. The van der Waals surface area contributed by atoms with Crippen molar-refractivity contribution in [3.05, 3.63) is 65.7 Å². The summed E-state index contributed by atoms with van der Waals surface area (Å²) in [7, 11) is 0. The van der Waals surface area contributed by atoms with Crippen LogP contribution >= 0.6 is 11.3 Å². The summed E-state index contributed by atoms with van der Waals surface area (Å²) in [5.41, 5.74) is 0.260. The van der Waals surface area contributed by atoms with E-state index in [4.69, 9.17) is 4.52 Å². The first kappa shape index (κ1) is 17.9. The molecule has 4 heterocycles. The van der Waals surface area contributed by atoms with Crippen LogP contribution in [0.4, 0.5) is 5.82 Å². The number of nitrogens with one attached hydrogen (secondary N) is 2. The molecule has 0 bridgehead atoms. The largest absolute Gasteiger partial charge is 0.368 e. The summed E-state index contributed by atoms with van der Waals surface area (Å²) in [4.78, 5) is 21.9. The average molecular weight is 394 g/mol. The normalized spacial score (nSPS) is 10.8. The molecule has 4 rings (SSSR count). The number of hydrogen-bond donors (Lipinski definition) is 2. The molecule has 2 N–H and O–H groups in total. The molecule has 0 saturated heterocycles. The van der Waals surface area contributed by atoms with Gasteiger partial charge in [-0.15, -0.1) is 11.3 Å². The molecule has 0 aliphatic carbocycles. The summed E-state index contributed by atoms with van der Waals surface area (Å²) in [6.45, 7) is 2.78. The Bertz CT molecular complexity index is 1060. The fraction of sp³-hybridized carbons (Fsp3) is 0.158. The number of hydrogen-bond acceptors (Lipinski definition) is 7. The molecule has 8 nitrogen and oxygen atoms in total. The Balaban J connectivity index is 1.31. The lowest BCUT2D eigenvalue weighted by Gasteiger charge is -2.09. The van der Waals surface area contributed by atoms with E-state index in [2.05, 4.69) is 25.8 Å². The summed E-state index contributed by atoms with van der Waals surface area (Å²) in [5.74, 6) is 2.47. The van der Waals surface area contributed by atoms with E-state index in [1.165, 1.54) is 11.3 Å². The number of rotatable bonds is 7. The summed E-state index contributed by atoms with van der Waals surface area (Å²) in [6, 6.07) is 11.2. The first-order valence-corrected chi connectivity index (χ1v) is 9.59. The minimum atomic E-state index is -0.278. The highest BCUT2D eigenvalue weighted by atomic mass is 32.1. The van der Waals surface area contributed by atoms with Crippen molar-refractivity contribution >= 4 is 23.1 Å². The van der Waals surface area contributed by atoms with Crippen LogP contribution in [0.1, 0.15) is 16.3 Å². The van der Waals surface area contributed by atoms with Crippen molar-refractivity contribution in [2.45, 2.75) is 6.92 Å². The van der Waals surface area contributed by atoms with E-state index in [-0.39, 0.29) is 11.6 Å². The molecule has 0 saturated carbocycles. The molecular formula is C19H18N6O2S. The van der Waals surface area contributed by atoms with Crippen LogP contribution in [0.5, 0.6) is 0 Å². The maximum absolute atomic E-state index is 12.2. The third-order valence-corrected chi connectivity index (χ3v) is 4.80. The van der Waals surface area contributed by atoms with Crippen LogP contribution in [0, 0.1) is 6.92 Å². The van der Waals surface area contributed by atoms with E-state index in [0.717, 1.165) is 10.7 Å². The molecule has 0 atom stereocenters. The number of nitrogens with zero attached hydrogens (tertiary/aromatic N) is 4. The number of carbonyl (C=O) groups is 1. The molecule has 1 amide bonds. The van der Waals surface area contributed by atoms with Gasteiger partial charge in [-0.25, -0.2) is 9.97 Å². The Morgan fingerprint density at radius 2 is 2.04 bits per heavy atom. The maximum Gasteiger partial charge on any atom is 0.273 e. The van der Waals surface area contributed by atoms with Crippen molar-refractivity contribution in [3.8, 4) is 16.5 Å². The van der Waals surface area contributed by atoms with E-state index in [0.29, 0.717) is 30.5 Å². The van der Waals surface area contributed by atoms with Crippen molar-refractivity contribution in [1.82, 2.24) is 25.0 Å². The van der Waals surface area contributed by atoms with E-state index < -0.39 is 0 Å². The van der Waals surface area contributed by atoms with Gasteiger partial charge in [0, 0.05) is 37.6 Å². The molecule has 0 aliphatic heterocycles. The van der Waals surface area contributed by atoms with Crippen molar-refractivity contribution in [1.29, 1.82) is 0 Å². The van der Waals surface area contributed by atoms with Crippen molar-refractivity contribution in [2.24, 2.45) is 0 Å². The third kappa shape index (κ3) is 4.09. The summed E-state index contributed by atoms with van der Waals surface area (Å²) in [6.07, 6.45) is 3.85. The van der Waals surface area contributed by atoms with E-state index in [9.17, 15) is 4.79 Å². The molecular weight excluding hydrogens is 376 g/mol. The van der Waals surface area contributed by atoms with Crippen LogP contribution in [-0.2, 0) is 0 Å². The molecule has 28 heavy (non-hydrogen) atoms. The SMILES string of the molecule is Cc1nc(NCCNC(=O)c2cc(-c3cccs3)on2)cc(-n2cccc2)n1. The van der Waals surface area contributed by atoms with Crippen LogP contribution in [0.15, 0.2) is 58.7 Å². The number of aryl methyl sites for hydroxylation is 1. The van der Waals surface area contributed by atoms with Crippen LogP contribution in [0.2, 0.25) is 0 Å². The number of carbonyl (C=O) groups excluding carboxylic acids is 1. The number of thiophene rings is 1. The van der Waals surface area contributed by atoms with Crippen LogP contribution in [0.25, 0.3) is 16.5 Å². The molecule has 4 aromatic heterocycles. The Labute approximate surface area is 165 Å². The second-order valence-corrected chi connectivity index (χ2v) is 6.93. The first-order valence-electron chi connectivity index (χ1n) is 8.71. The highest BCUT2D eigenvalue weighted by Gasteiger charge is 2.13. The molecule has 0 aliphatic rings. The lowest BCUT2D eigenvalue weighted by atomic mass is 10.3. The van der Waals surface area contributed by atoms with Gasteiger partial charge in [-0.2, -0.15) is 0 Å². The number of aromatic nitrogens is 4. The van der Waals surface area contributed by atoms with Gasteiger partial charge in [-0.05, 0) is 30.5 Å². The zero-order chi connectivity index (χ0) is 19.3. The van der Waals surface area contributed by atoms with E-state index in [1.807, 2.05) is 59.6 Å². The average Bonchev–Trinajstić information content (AvgIpc) is 3.46. The van der Waals surface area contributed by atoms with Gasteiger partial charge in [0.15, 0.2) is 11.5 Å². The Hall–Kier alpha value is -3.46. The highest BCUT2D eigenvalue weighted by Crippen LogP contribution is 2.25. The van der Waals surface area contributed by atoms with Gasteiger partial charge < -0.3 is 19.7 Å². The smallest absolute Gasteiger partial charge is 0.273 e. The molecule has 0 spiro atoms. The van der Waals surface area contributed by atoms with Crippen molar-refractivity contribution in [2.75, 3.05) is 18.4 Å². The zero-order valence-corrected chi connectivity index (χ0v) is 15.9. The molecule has 0 unspecified atom stereocenters. The first-order chi connectivity index (χ1) is 13.7. The second-order valence-electron chi connectivity index (χ2n) is 5.99. The topological polar surface area (TPSA) is 97.9 Å². The molecule has 0 radical (unpaired) electrons. The predicted molar refractivity (Wildman–Crippen MR) is 107 cm³/mol. The van der Waals surface area contributed by atoms with Crippen LogP contribution in [-0.4, -0.2) is 38.7 Å². The van der Waals surface area contributed by atoms with Gasteiger partial charge in [0.1, 0.15) is 17.5 Å². The fourth-order valence-corrected chi connectivity index (χ4v) is 3.31. The molecule has 142 valence electrons. The highest BCUT2D eigenvalue weighted by molar-refractivity contribution is 7.13. The Morgan fingerprint density at radius 1 is 1.18 bits per heavy atom. The standard InChI is InChI=1S/C19H18N6O2S/c1-13-22-17(12-18(23-13)25-8-2-3-9-25)20-6-7-21-19(26)14-11-15(27-24-14)16-5-4-10-28-16/h2-5,8-12H,6-7H2,1H3,(H,21,26)(H,20,22,23). The second kappa shape index (κ2) is 8.05. The van der Waals surface area contributed by atoms with E-state index in [1.54, 1.807) is 6.07 Å². The fourth-order valence-electron chi connectivity index (χ4n) is 2.64. The van der Waals surface area contributed by atoms with Gasteiger partial charge in [0.25, 0.3) is 5.91 Å². The summed E-state index contributed by atoms with van der Waals surface area (Å²) in [5, 5.41) is 11.8. The Kier molecular flexibility index (Phi) is 5.16. The van der Waals surface area contributed by atoms with E-state index >= 15 is 0 Å². The summed E-state index contributed by atoms with van der Waals surface area (Å²) >= 11 is 1.53. The van der Waals surface area contributed by atoms with Gasteiger partial charge in [0.2, 0.25) is 0 Å². The molecule has 0 aromatic carbocycles. The van der Waals surface area contributed by atoms with Crippen molar-refractivity contribution < 1.29 is 9.32 Å². The Morgan fingerprint density at radius 3 is 2.82 bits per heavy atom. The van der Waals surface area contributed by atoms with Gasteiger partial charge >= 0.3 is 0 Å². The van der Waals surface area contributed by atoms with Gasteiger partial charge in [-0.3, -0.25) is 4.79 Å². The lowest BCUT2D eigenvalue weighted by Crippen LogP contribution is -2.29. The lowest BCUT2D eigenvalue weighted by molar-refractivity contribution is 0.0946. The van der Waals surface area contributed by atoms with Crippen LogP contribution < -0.4 is 10.6 Å². The molecule has 9 heteroatoms. The van der Waals surface area contributed by atoms with Crippen molar-refractivity contribution in [3.63, 3.8) is 0 Å². The monoisotopic (exact) mass is 394 g/mol. The minimum absolute atomic E-state index is 0.260. The molecule has 4 aromatic rings. The van der Waals surface area contributed by atoms with Gasteiger partial charge in [-0.1, -0.05) is 11.2 Å². The number of amides is 1. The summed E-state index contributed by atoms with van der Waals surface area (Å²) < 4.78 is 7.15. The van der Waals surface area contributed by atoms with Crippen LogP contribution in [0.3, 0.4) is 0 Å². The third-order valence-electron chi connectivity index (χ3n) is 3.92. The quantitative estimate of drug-likeness (QED) is 0.467. The number of anilines is 1. The maximum atomic E-state index is 12.2. The van der Waals surface area contributed by atoms with Gasteiger partial charge in [0.05, 0.1) is 4.88 Å². The zero-order valence-electron chi connectivity index (χ0n) is 15.1.